The van der Waals surface area contributed by atoms with Crippen LogP contribution in [0.5, 0.6) is 0 Å². The van der Waals surface area contributed by atoms with Gasteiger partial charge in [-0.1, -0.05) is 84.7 Å². The van der Waals surface area contributed by atoms with Crippen molar-refractivity contribution in [2.24, 2.45) is 23.7 Å². The van der Waals surface area contributed by atoms with Gasteiger partial charge in [0.1, 0.15) is 0 Å². The van der Waals surface area contributed by atoms with Gasteiger partial charge in [-0.3, -0.25) is 0 Å². The molecule has 0 radical (unpaired) electrons. The van der Waals surface area contributed by atoms with Gasteiger partial charge in [-0.15, -0.1) is 0 Å². The fraction of sp³-hybridized carbons (Fsp3) is 0.545. The largest absolute Gasteiger partial charge is 0.483 e. The first-order valence-electron chi connectivity index (χ1n) is 14.2. The lowest BCUT2D eigenvalue weighted by Gasteiger charge is -2.23. The molecule has 1 aliphatic carbocycles. The predicted octanol–water partition coefficient (Wildman–Crippen LogP) is 7.20. The number of ether oxygens (including phenoxy) is 1. The number of rotatable bonds is 19. The molecule has 2 rings (SSSR count). The van der Waals surface area contributed by atoms with E-state index in [2.05, 4.69) is 74.6 Å². The van der Waals surface area contributed by atoms with Crippen molar-refractivity contribution < 1.29 is 14.6 Å². The topological polar surface area (TPSA) is 70.6 Å². The molecule has 5 nitrogen and oxygen atoms in total. The minimum Gasteiger partial charge on any atom is -0.483 e. The number of aryl methyl sites for hydroxylation is 1. The zero-order valence-corrected chi connectivity index (χ0v) is 24.3. The lowest BCUT2D eigenvalue weighted by Crippen LogP contribution is -2.30. The monoisotopic (exact) mass is 522 g/mol. The highest BCUT2D eigenvalue weighted by molar-refractivity contribution is 5.72. The van der Waals surface area contributed by atoms with Gasteiger partial charge in [0.2, 0.25) is 0 Å². The van der Waals surface area contributed by atoms with Gasteiger partial charge in [-0.05, 0) is 73.0 Å². The highest BCUT2D eigenvalue weighted by Gasteiger charge is 2.41. The third kappa shape index (κ3) is 10.8. The molecule has 0 spiro atoms. The standard InChI is InChI=1S/C33H50N2O3/c1-9-28-14-16-29(17-15-28)31-19-30(31)23(4)12-10-11-13-25(6)35-21-26(7)34-20-24(5)27(8)38-32(33(36)37)18-22(2)3/h11,13-17,22-24,30-32,34-35H,6-10,12,18-21H2,1-5H3,(H,36,37)/b13-11+/t23-,24+,30?,31+,32-/m0/s1. The van der Waals surface area contributed by atoms with Crippen LogP contribution in [0, 0.1) is 23.7 Å². The second kappa shape index (κ2) is 15.5. The molecule has 1 aromatic rings. The van der Waals surface area contributed by atoms with E-state index in [0.29, 0.717) is 25.3 Å². The van der Waals surface area contributed by atoms with E-state index in [0.717, 1.165) is 42.0 Å². The number of carboxylic acids is 1. The van der Waals surface area contributed by atoms with Crippen molar-refractivity contribution in [3.05, 3.63) is 84.4 Å². The van der Waals surface area contributed by atoms with Gasteiger partial charge in [0.25, 0.3) is 0 Å². The Morgan fingerprint density at radius 1 is 1.13 bits per heavy atom. The number of allylic oxidation sites excluding steroid dienone is 2. The first-order chi connectivity index (χ1) is 18.0. The average molecular weight is 523 g/mol. The molecule has 1 aromatic carbocycles. The first kappa shape index (κ1) is 31.3. The highest BCUT2D eigenvalue weighted by atomic mass is 16.5. The molecule has 0 amide bonds. The summed E-state index contributed by atoms with van der Waals surface area (Å²) in [6.45, 7) is 23.7. The zero-order valence-electron chi connectivity index (χ0n) is 24.3. The van der Waals surface area contributed by atoms with E-state index in [4.69, 9.17) is 4.74 Å². The molecule has 0 aromatic heterocycles. The van der Waals surface area contributed by atoms with E-state index in [1.54, 1.807) is 0 Å². The number of hydrogen-bond donors (Lipinski definition) is 3. The summed E-state index contributed by atoms with van der Waals surface area (Å²) in [5, 5.41) is 15.9. The Hall–Kier alpha value is -2.95. The maximum absolute atomic E-state index is 11.4. The van der Waals surface area contributed by atoms with Crippen molar-refractivity contribution in [3.8, 4) is 0 Å². The number of aliphatic carboxylic acids is 1. The van der Waals surface area contributed by atoms with E-state index < -0.39 is 12.1 Å². The van der Waals surface area contributed by atoms with Crippen LogP contribution in [-0.4, -0.2) is 30.3 Å². The van der Waals surface area contributed by atoms with E-state index in [-0.39, 0.29) is 11.8 Å². The molecule has 5 heteroatoms. The number of benzene rings is 1. The van der Waals surface area contributed by atoms with Crippen LogP contribution in [0.25, 0.3) is 0 Å². The number of carboxylic acid groups (broad SMARTS) is 1. The summed E-state index contributed by atoms with van der Waals surface area (Å²) in [5.74, 6) is 1.96. The van der Waals surface area contributed by atoms with Gasteiger partial charge in [0.15, 0.2) is 6.10 Å². The van der Waals surface area contributed by atoms with E-state index in [1.165, 1.54) is 24.0 Å². The third-order valence-corrected chi connectivity index (χ3v) is 7.49. The van der Waals surface area contributed by atoms with Crippen molar-refractivity contribution in [1.82, 2.24) is 10.6 Å². The van der Waals surface area contributed by atoms with Crippen LogP contribution in [0.1, 0.15) is 77.3 Å². The summed E-state index contributed by atoms with van der Waals surface area (Å²) in [6.07, 6.45) is 8.49. The maximum Gasteiger partial charge on any atom is 0.344 e. The summed E-state index contributed by atoms with van der Waals surface area (Å²) in [6, 6.07) is 9.19. The second-order valence-electron chi connectivity index (χ2n) is 11.4. The second-order valence-corrected chi connectivity index (χ2v) is 11.4. The van der Waals surface area contributed by atoms with Gasteiger partial charge in [0.05, 0.1) is 12.3 Å². The Labute approximate surface area is 231 Å². The Balaban J connectivity index is 1.61. The normalized spacial score (nSPS) is 19.0. The van der Waals surface area contributed by atoms with Gasteiger partial charge in [-0.25, -0.2) is 4.79 Å². The summed E-state index contributed by atoms with van der Waals surface area (Å²) < 4.78 is 5.64. The Kier molecular flexibility index (Phi) is 12.7. The molecule has 0 bridgehead atoms. The quantitative estimate of drug-likeness (QED) is 0.132. The molecule has 0 heterocycles. The molecule has 1 unspecified atom stereocenters. The van der Waals surface area contributed by atoms with Gasteiger partial charge in [-0.2, -0.15) is 0 Å². The molecule has 1 fully saturated rings. The lowest BCUT2D eigenvalue weighted by atomic mass is 9.96. The van der Waals surface area contributed by atoms with Crippen LogP contribution in [0.4, 0.5) is 0 Å². The van der Waals surface area contributed by atoms with Crippen molar-refractivity contribution in [2.75, 3.05) is 13.1 Å². The Morgan fingerprint density at radius 3 is 2.42 bits per heavy atom. The Morgan fingerprint density at radius 2 is 1.82 bits per heavy atom. The minimum atomic E-state index is -0.955. The van der Waals surface area contributed by atoms with Gasteiger partial charge < -0.3 is 20.5 Å². The average Bonchev–Trinajstić information content (AvgIpc) is 3.68. The molecule has 1 aliphatic rings. The smallest absolute Gasteiger partial charge is 0.344 e. The summed E-state index contributed by atoms with van der Waals surface area (Å²) in [5.41, 5.74) is 4.61. The number of carbonyl (C=O) groups is 1. The number of hydrogen-bond acceptors (Lipinski definition) is 4. The van der Waals surface area contributed by atoms with Crippen LogP contribution in [-0.2, 0) is 16.0 Å². The predicted molar refractivity (Wildman–Crippen MR) is 159 cm³/mol. The van der Waals surface area contributed by atoms with Crippen molar-refractivity contribution in [3.63, 3.8) is 0 Å². The zero-order chi connectivity index (χ0) is 28.2. The summed E-state index contributed by atoms with van der Waals surface area (Å²) >= 11 is 0. The molecule has 210 valence electrons. The minimum absolute atomic E-state index is 0.0485. The molecule has 3 N–H and O–H groups in total. The molecule has 0 aliphatic heterocycles. The van der Waals surface area contributed by atoms with E-state index in [9.17, 15) is 9.90 Å². The van der Waals surface area contributed by atoms with Crippen LogP contribution in [0.3, 0.4) is 0 Å². The van der Waals surface area contributed by atoms with Crippen LogP contribution >= 0.6 is 0 Å². The SMILES string of the molecule is C=C(/C=C/CC[C@H](C)C1C[C@@H]1c1ccc(CC)cc1)NCC(=C)NC[C@@H](C)C(=C)O[C@@H](CC(C)C)C(=O)O. The Bertz CT molecular complexity index is 963. The summed E-state index contributed by atoms with van der Waals surface area (Å²) in [4.78, 5) is 11.4. The molecule has 1 saturated carbocycles. The fourth-order valence-electron chi connectivity index (χ4n) is 4.71. The highest BCUT2D eigenvalue weighted by Crippen LogP contribution is 2.52. The first-order valence-corrected chi connectivity index (χ1v) is 14.2. The lowest BCUT2D eigenvalue weighted by molar-refractivity contribution is -0.149. The molecular formula is C33H50N2O3. The van der Waals surface area contributed by atoms with Crippen molar-refractivity contribution in [2.45, 2.75) is 78.7 Å². The molecule has 5 atom stereocenters. The van der Waals surface area contributed by atoms with Crippen molar-refractivity contribution >= 4 is 5.97 Å². The van der Waals surface area contributed by atoms with Crippen LogP contribution < -0.4 is 10.6 Å². The molecule has 0 saturated heterocycles. The molecule has 38 heavy (non-hydrogen) atoms. The van der Waals surface area contributed by atoms with E-state index >= 15 is 0 Å². The van der Waals surface area contributed by atoms with Crippen LogP contribution in [0.2, 0.25) is 0 Å². The van der Waals surface area contributed by atoms with Crippen molar-refractivity contribution in [1.29, 1.82) is 0 Å². The maximum atomic E-state index is 11.4. The summed E-state index contributed by atoms with van der Waals surface area (Å²) in [7, 11) is 0. The molecular weight excluding hydrogens is 472 g/mol. The number of nitrogens with one attached hydrogen (secondary N) is 2. The van der Waals surface area contributed by atoms with Gasteiger partial charge >= 0.3 is 5.97 Å². The van der Waals surface area contributed by atoms with Crippen LogP contribution in [0.15, 0.2) is 73.3 Å². The van der Waals surface area contributed by atoms with Gasteiger partial charge in [0, 0.05) is 23.9 Å². The third-order valence-electron chi connectivity index (χ3n) is 7.49. The van der Waals surface area contributed by atoms with E-state index in [1.807, 2.05) is 26.8 Å². The fourth-order valence-corrected chi connectivity index (χ4v) is 4.71.